The molecule has 0 aliphatic carbocycles. The number of ether oxygens (including phenoxy) is 2. The van der Waals surface area contributed by atoms with E-state index in [1.807, 2.05) is 115 Å². The third-order valence-electron chi connectivity index (χ3n) is 7.77. The van der Waals surface area contributed by atoms with Gasteiger partial charge in [0.1, 0.15) is 25.0 Å². The fraction of sp³-hybridized carbons (Fsp3) is 0.289. The van der Waals surface area contributed by atoms with E-state index in [1.165, 1.54) is 5.56 Å². The van der Waals surface area contributed by atoms with Gasteiger partial charge in [0, 0.05) is 6.42 Å². The minimum absolute atomic E-state index is 0.0544. The second kappa shape index (κ2) is 18.1. The molecule has 240 valence electrons. The first kappa shape index (κ1) is 33.9. The number of likely N-dealkylation sites (N-methyl/N-ethyl adjacent to an activating group) is 1. The summed E-state index contributed by atoms with van der Waals surface area (Å²) in [5.41, 5.74) is 3.90. The molecule has 46 heavy (non-hydrogen) atoms. The Labute approximate surface area is 271 Å². The Morgan fingerprint density at radius 2 is 1.26 bits per heavy atom. The predicted molar refractivity (Wildman–Crippen MR) is 179 cm³/mol. The van der Waals surface area contributed by atoms with Gasteiger partial charge in [-0.15, -0.1) is 0 Å². The highest BCUT2D eigenvalue weighted by molar-refractivity contribution is 6.00. The lowest BCUT2D eigenvalue weighted by molar-refractivity contribution is -0.134. The van der Waals surface area contributed by atoms with Gasteiger partial charge < -0.3 is 14.8 Å². The molecule has 0 bridgehead atoms. The zero-order chi connectivity index (χ0) is 32.6. The standard InChI is InChI=1S/C38H43N3O5/c1-3-41(25-13-20-30-14-7-4-8-15-30)29(2)36(42)40-37(43)35(39-38(44)46-28-33-18-11-6-12-19-33)26-31-21-23-34(24-22-31)45-27-32-16-9-5-10-17-32/h4-12,14-19,21-24,29,35H,3,13,20,25-28H2,1-2H3,(H,39,44)(H,40,42,43)/t29-,35+/m1/s1. The van der Waals surface area contributed by atoms with E-state index in [-0.39, 0.29) is 13.0 Å². The van der Waals surface area contributed by atoms with Gasteiger partial charge in [0.25, 0.3) is 0 Å². The van der Waals surface area contributed by atoms with Crippen LogP contribution in [0.5, 0.6) is 5.75 Å². The summed E-state index contributed by atoms with van der Waals surface area (Å²) >= 11 is 0. The molecule has 4 rings (SSSR count). The second-order valence-corrected chi connectivity index (χ2v) is 11.1. The van der Waals surface area contributed by atoms with Crippen LogP contribution in [-0.2, 0) is 40.4 Å². The predicted octanol–water partition coefficient (Wildman–Crippen LogP) is 6.09. The molecule has 0 aliphatic rings. The number of alkyl carbamates (subject to hydrolysis) is 1. The summed E-state index contributed by atoms with van der Waals surface area (Å²) in [7, 11) is 0. The number of nitrogens with zero attached hydrogens (tertiary/aromatic N) is 1. The summed E-state index contributed by atoms with van der Waals surface area (Å²) in [4.78, 5) is 41.5. The van der Waals surface area contributed by atoms with E-state index in [4.69, 9.17) is 9.47 Å². The molecule has 0 radical (unpaired) electrons. The fourth-order valence-electron chi connectivity index (χ4n) is 5.05. The summed E-state index contributed by atoms with van der Waals surface area (Å²) in [5.74, 6) is -0.335. The number of imide groups is 1. The lowest BCUT2D eigenvalue weighted by Gasteiger charge is -2.27. The molecule has 8 nitrogen and oxygen atoms in total. The molecule has 0 spiro atoms. The molecule has 2 N–H and O–H groups in total. The summed E-state index contributed by atoms with van der Waals surface area (Å²) in [6.07, 6.45) is 1.19. The van der Waals surface area contributed by atoms with E-state index in [1.54, 1.807) is 6.92 Å². The smallest absolute Gasteiger partial charge is 0.408 e. The van der Waals surface area contributed by atoms with E-state index in [0.29, 0.717) is 25.4 Å². The number of carbonyl (C=O) groups excluding carboxylic acids is 3. The van der Waals surface area contributed by atoms with Crippen molar-refractivity contribution in [3.63, 3.8) is 0 Å². The van der Waals surface area contributed by atoms with Gasteiger partial charge in [0.15, 0.2) is 0 Å². The monoisotopic (exact) mass is 621 g/mol. The number of carbonyl (C=O) groups is 3. The van der Waals surface area contributed by atoms with Crippen molar-refractivity contribution in [3.8, 4) is 5.75 Å². The van der Waals surface area contributed by atoms with Gasteiger partial charge in [-0.3, -0.25) is 19.8 Å². The Balaban J connectivity index is 1.36. The molecule has 0 unspecified atom stereocenters. The van der Waals surface area contributed by atoms with Crippen LogP contribution < -0.4 is 15.4 Å². The average molecular weight is 622 g/mol. The number of nitrogens with one attached hydrogen (secondary N) is 2. The number of aryl methyl sites for hydroxylation is 1. The SMILES string of the molecule is CCN(CCCc1ccccc1)[C@H](C)C(=O)NC(=O)[C@H](Cc1ccc(OCc2ccccc2)cc1)NC(=O)OCc1ccccc1. The average Bonchev–Trinajstić information content (AvgIpc) is 3.09. The molecule has 3 amide bonds. The highest BCUT2D eigenvalue weighted by Crippen LogP contribution is 2.16. The van der Waals surface area contributed by atoms with Crippen LogP contribution in [0.25, 0.3) is 0 Å². The van der Waals surface area contributed by atoms with Crippen LogP contribution in [0.4, 0.5) is 4.79 Å². The molecule has 0 saturated carbocycles. The topological polar surface area (TPSA) is 97.0 Å². The Morgan fingerprint density at radius 3 is 1.85 bits per heavy atom. The number of hydrogen-bond acceptors (Lipinski definition) is 6. The maximum atomic E-state index is 13.5. The quantitative estimate of drug-likeness (QED) is 0.157. The number of benzene rings is 4. The lowest BCUT2D eigenvalue weighted by atomic mass is 10.0. The van der Waals surface area contributed by atoms with Crippen LogP contribution in [0.2, 0.25) is 0 Å². The first-order valence-corrected chi connectivity index (χ1v) is 15.8. The largest absolute Gasteiger partial charge is 0.489 e. The van der Waals surface area contributed by atoms with Crippen molar-refractivity contribution in [3.05, 3.63) is 138 Å². The summed E-state index contributed by atoms with van der Waals surface area (Å²) in [5, 5.41) is 5.20. The van der Waals surface area contributed by atoms with E-state index < -0.39 is 30.0 Å². The minimum Gasteiger partial charge on any atom is -0.489 e. The van der Waals surface area contributed by atoms with Gasteiger partial charge in [-0.2, -0.15) is 0 Å². The molecule has 0 saturated heterocycles. The van der Waals surface area contributed by atoms with Crippen molar-refractivity contribution < 1.29 is 23.9 Å². The highest BCUT2D eigenvalue weighted by Gasteiger charge is 2.27. The Kier molecular flexibility index (Phi) is 13.4. The Hall–Kier alpha value is -4.95. The van der Waals surface area contributed by atoms with Gasteiger partial charge >= 0.3 is 6.09 Å². The molecular formula is C38H43N3O5. The molecular weight excluding hydrogens is 578 g/mol. The van der Waals surface area contributed by atoms with Crippen LogP contribution in [0.3, 0.4) is 0 Å². The van der Waals surface area contributed by atoms with Crippen molar-refractivity contribution in [2.24, 2.45) is 0 Å². The highest BCUT2D eigenvalue weighted by atomic mass is 16.5. The normalized spacial score (nSPS) is 12.2. The second-order valence-electron chi connectivity index (χ2n) is 11.1. The molecule has 8 heteroatoms. The Bertz CT molecular complexity index is 1500. The third-order valence-corrected chi connectivity index (χ3v) is 7.77. The zero-order valence-electron chi connectivity index (χ0n) is 26.6. The molecule has 0 heterocycles. The van der Waals surface area contributed by atoms with E-state index >= 15 is 0 Å². The molecule has 0 aliphatic heterocycles. The molecule has 2 atom stereocenters. The van der Waals surface area contributed by atoms with Crippen LogP contribution in [0, 0.1) is 0 Å². The van der Waals surface area contributed by atoms with Crippen LogP contribution in [0.15, 0.2) is 115 Å². The summed E-state index contributed by atoms with van der Waals surface area (Å²) in [6.45, 7) is 5.64. The van der Waals surface area contributed by atoms with Crippen molar-refractivity contribution in [2.75, 3.05) is 13.1 Å². The first-order valence-electron chi connectivity index (χ1n) is 15.8. The van der Waals surface area contributed by atoms with Gasteiger partial charge in [-0.25, -0.2) is 4.79 Å². The van der Waals surface area contributed by atoms with Crippen molar-refractivity contribution in [1.82, 2.24) is 15.5 Å². The molecule has 4 aromatic carbocycles. The zero-order valence-corrected chi connectivity index (χ0v) is 26.6. The number of rotatable bonds is 16. The van der Waals surface area contributed by atoms with Crippen LogP contribution >= 0.6 is 0 Å². The molecule has 4 aromatic rings. The molecule has 0 fully saturated rings. The van der Waals surface area contributed by atoms with Gasteiger partial charge in [-0.05, 0) is 67.2 Å². The van der Waals surface area contributed by atoms with Gasteiger partial charge in [-0.1, -0.05) is 110 Å². The minimum atomic E-state index is -1.04. The Morgan fingerprint density at radius 1 is 0.696 bits per heavy atom. The van der Waals surface area contributed by atoms with Crippen LogP contribution in [-0.4, -0.2) is 48.0 Å². The third kappa shape index (κ3) is 11.2. The first-order chi connectivity index (χ1) is 22.4. The lowest BCUT2D eigenvalue weighted by Crippen LogP contribution is -2.54. The van der Waals surface area contributed by atoms with E-state index in [2.05, 4.69) is 22.8 Å². The van der Waals surface area contributed by atoms with Gasteiger partial charge in [0.2, 0.25) is 11.8 Å². The van der Waals surface area contributed by atoms with E-state index in [9.17, 15) is 14.4 Å². The van der Waals surface area contributed by atoms with Gasteiger partial charge in [0.05, 0.1) is 6.04 Å². The van der Waals surface area contributed by atoms with Crippen molar-refractivity contribution in [2.45, 2.75) is 58.4 Å². The van der Waals surface area contributed by atoms with Crippen LogP contribution in [0.1, 0.15) is 42.5 Å². The number of hydrogen-bond donors (Lipinski definition) is 2. The molecule has 0 aromatic heterocycles. The maximum absolute atomic E-state index is 13.5. The fourth-order valence-corrected chi connectivity index (χ4v) is 5.05. The van der Waals surface area contributed by atoms with E-state index in [0.717, 1.165) is 29.5 Å². The number of amides is 3. The maximum Gasteiger partial charge on any atom is 0.408 e. The summed E-state index contributed by atoms with van der Waals surface area (Å²) < 4.78 is 11.3. The van der Waals surface area contributed by atoms with Crippen molar-refractivity contribution in [1.29, 1.82) is 0 Å². The summed E-state index contributed by atoms with van der Waals surface area (Å²) in [6, 6.07) is 35.1. The van der Waals surface area contributed by atoms with Crippen molar-refractivity contribution >= 4 is 17.9 Å².